The van der Waals surface area contributed by atoms with Gasteiger partial charge in [-0.3, -0.25) is 0 Å². The Morgan fingerprint density at radius 1 is 1.05 bits per heavy atom. The van der Waals surface area contributed by atoms with Crippen LogP contribution in [0.2, 0.25) is 0 Å². The van der Waals surface area contributed by atoms with E-state index in [1.807, 2.05) is 0 Å². The van der Waals surface area contributed by atoms with Crippen LogP contribution in [-0.2, 0) is 5.41 Å². The van der Waals surface area contributed by atoms with Gasteiger partial charge >= 0.3 is 18.4 Å². The highest BCUT2D eigenvalue weighted by Gasteiger charge is 2.70. The highest BCUT2D eigenvalue weighted by molar-refractivity contribution is 5.68. The molecule has 1 aromatic rings. The van der Waals surface area contributed by atoms with Crippen LogP contribution in [0.1, 0.15) is 12.0 Å². The van der Waals surface area contributed by atoms with Gasteiger partial charge in [0.1, 0.15) is 5.75 Å². The number of halogens is 6. The zero-order chi connectivity index (χ0) is 17.2. The summed E-state index contributed by atoms with van der Waals surface area (Å²) < 4.78 is 83.0. The number of nitrogens with two attached hydrogens (primary N) is 1. The van der Waals surface area contributed by atoms with Gasteiger partial charge in [0, 0.05) is 6.61 Å². The maximum absolute atomic E-state index is 13.1. The van der Waals surface area contributed by atoms with Crippen LogP contribution in [0.3, 0.4) is 0 Å². The Bertz CT molecular complexity index is 509. The predicted molar refractivity (Wildman–Crippen MR) is 62.1 cm³/mol. The number of rotatable bonds is 4. The number of carbonyl (C=O) groups is 1. The van der Waals surface area contributed by atoms with Crippen LogP contribution in [-0.4, -0.2) is 30.2 Å². The molecule has 0 aliphatic carbocycles. The molecule has 0 heterocycles. The molecule has 0 atom stereocenters. The van der Waals surface area contributed by atoms with E-state index in [1.165, 1.54) is 0 Å². The Kier molecular flexibility index (Phi) is 4.96. The van der Waals surface area contributed by atoms with E-state index in [0.717, 1.165) is 12.1 Å². The van der Waals surface area contributed by atoms with Crippen molar-refractivity contribution in [2.75, 3.05) is 6.61 Å². The average Bonchev–Trinajstić information content (AvgIpc) is 2.33. The van der Waals surface area contributed by atoms with E-state index >= 15 is 0 Å². The molecule has 1 aromatic carbocycles. The standard InChI is InChI=1S/C12H11F6NO3/c13-11(14,15)10(5-6-20,12(16,17)18)7-1-3-8(4-2-7)22-9(19)21/h1-4,20H,5-6H2,(H2,19,21). The molecule has 124 valence electrons. The van der Waals surface area contributed by atoms with E-state index < -0.39 is 42.5 Å². The van der Waals surface area contributed by atoms with Crippen molar-refractivity contribution in [3.8, 4) is 5.75 Å². The van der Waals surface area contributed by atoms with Gasteiger partial charge in [-0.15, -0.1) is 0 Å². The molecule has 0 aliphatic heterocycles. The molecule has 0 spiro atoms. The maximum atomic E-state index is 13.1. The smallest absolute Gasteiger partial charge is 0.409 e. The minimum Gasteiger partial charge on any atom is -0.411 e. The largest absolute Gasteiger partial charge is 0.411 e. The van der Waals surface area contributed by atoms with Crippen molar-refractivity contribution in [2.45, 2.75) is 24.2 Å². The summed E-state index contributed by atoms with van der Waals surface area (Å²) in [6.07, 6.45) is -14.2. The summed E-state index contributed by atoms with van der Waals surface area (Å²) in [4.78, 5) is 10.5. The van der Waals surface area contributed by atoms with Crippen molar-refractivity contribution >= 4 is 6.09 Å². The highest BCUT2D eigenvalue weighted by Crippen LogP contribution is 2.54. The van der Waals surface area contributed by atoms with Crippen molar-refractivity contribution < 1.29 is 41.0 Å². The summed E-state index contributed by atoms with van der Waals surface area (Å²) in [5.74, 6) is -0.307. The third kappa shape index (κ3) is 3.26. The number of hydrogen-bond donors (Lipinski definition) is 2. The molecule has 0 fully saturated rings. The Hall–Kier alpha value is -1.97. The molecule has 22 heavy (non-hydrogen) atoms. The van der Waals surface area contributed by atoms with Gasteiger partial charge in [0.2, 0.25) is 0 Å². The molecule has 0 radical (unpaired) electrons. The molecule has 0 saturated heterocycles. The quantitative estimate of drug-likeness (QED) is 0.833. The number of carbonyl (C=O) groups excluding carboxylic acids is 1. The summed E-state index contributed by atoms with van der Waals surface area (Å²) in [6, 6.07) is 2.55. The van der Waals surface area contributed by atoms with Crippen LogP contribution in [0.25, 0.3) is 0 Å². The van der Waals surface area contributed by atoms with E-state index in [-0.39, 0.29) is 5.75 Å². The second-order valence-corrected chi connectivity index (χ2v) is 4.32. The van der Waals surface area contributed by atoms with Crippen LogP contribution >= 0.6 is 0 Å². The van der Waals surface area contributed by atoms with Crippen LogP contribution in [0.15, 0.2) is 24.3 Å². The fourth-order valence-electron chi connectivity index (χ4n) is 2.01. The summed E-state index contributed by atoms with van der Waals surface area (Å²) in [7, 11) is 0. The molecule has 1 amide bonds. The van der Waals surface area contributed by atoms with E-state index in [2.05, 4.69) is 10.5 Å². The molecular weight excluding hydrogens is 320 g/mol. The van der Waals surface area contributed by atoms with Gasteiger partial charge < -0.3 is 15.6 Å². The Morgan fingerprint density at radius 2 is 1.50 bits per heavy atom. The van der Waals surface area contributed by atoms with Gasteiger partial charge in [0.05, 0.1) is 0 Å². The van der Waals surface area contributed by atoms with Gasteiger partial charge in [-0.25, -0.2) is 4.79 Å². The van der Waals surface area contributed by atoms with Crippen molar-refractivity contribution in [1.82, 2.24) is 0 Å². The number of amides is 1. The molecule has 0 bridgehead atoms. The van der Waals surface area contributed by atoms with E-state index in [1.54, 1.807) is 0 Å². The molecule has 3 N–H and O–H groups in total. The van der Waals surface area contributed by atoms with E-state index in [9.17, 15) is 31.1 Å². The summed E-state index contributed by atoms with van der Waals surface area (Å²) >= 11 is 0. The fraction of sp³-hybridized carbons (Fsp3) is 0.417. The van der Waals surface area contributed by atoms with Crippen molar-refractivity contribution in [2.24, 2.45) is 5.73 Å². The van der Waals surface area contributed by atoms with Crippen LogP contribution in [0.4, 0.5) is 31.1 Å². The molecule has 0 saturated carbocycles. The van der Waals surface area contributed by atoms with Gasteiger partial charge in [0.15, 0.2) is 5.41 Å². The molecular formula is C12H11F6NO3. The fourth-order valence-corrected chi connectivity index (χ4v) is 2.01. The third-order valence-electron chi connectivity index (χ3n) is 3.02. The first-order valence-corrected chi connectivity index (χ1v) is 5.78. The molecule has 0 unspecified atom stereocenters. The zero-order valence-electron chi connectivity index (χ0n) is 10.8. The summed E-state index contributed by atoms with van der Waals surface area (Å²) in [5.41, 5.74) is -0.668. The molecule has 10 heteroatoms. The lowest BCUT2D eigenvalue weighted by Gasteiger charge is -2.37. The zero-order valence-corrected chi connectivity index (χ0v) is 10.8. The molecule has 0 aromatic heterocycles. The lowest BCUT2D eigenvalue weighted by atomic mass is 9.76. The second kappa shape index (κ2) is 6.03. The van der Waals surface area contributed by atoms with Gasteiger partial charge in [-0.05, 0) is 24.1 Å². The maximum Gasteiger partial charge on any atom is 0.409 e. The second-order valence-electron chi connectivity index (χ2n) is 4.32. The van der Waals surface area contributed by atoms with Crippen LogP contribution in [0, 0.1) is 0 Å². The van der Waals surface area contributed by atoms with Crippen LogP contribution < -0.4 is 10.5 Å². The first kappa shape index (κ1) is 18.1. The minimum atomic E-state index is -5.68. The number of alkyl halides is 6. The minimum absolute atomic E-state index is 0.307. The molecule has 1 rings (SSSR count). The lowest BCUT2D eigenvalue weighted by molar-refractivity contribution is -0.306. The number of ether oxygens (including phenoxy) is 1. The number of primary amides is 1. The summed E-state index contributed by atoms with van der Waals surface area (Å²) in [5, 5.41) is 8.68. The predicted octanol–water partition coefficient (Wildman–Crippen LogP) is 2.89. The first-order chi connectivity index (χ1) is 9.95. The normalized spacial score (nSPS) is 13.0. The lowest BCUT2D eigenvalue weighted by Crippen LogP contribution is -2.54. The van der Waals surface area contributed by atoms with Crippen molar-refractivity contribution in [3.63, 3.8) is 0 Å². The molecule has 4 nitrogen and oxygen atoms in total. The average molecular weight is 331 g/mol. The van der Waals surface area contributed by atoms with E-state index in [0.29, 0.717) is 12.1 Å². The van der Waals surface area contributed by atoms with E-state index in [4.69, 9.17) is 5.11 Å². The molecule has 0 aliphatic rings. The third-order valence-corrected chi connectivity index (χ3v) is 3.02. The number of benzene rings is 1. The monoisotopic (exact) mass is 331 g/mol. The summed E-state index contributed by atoms with van der Waals surface area (Å²) in [6.45, 7) is -1.32. The van der Waals surface area contributed by atoms with Crippen LogP contribution in [0.5, 0.6) is 5.75 Å². The van der Waals surface area contributed by atoms with Crippen molar-refractivity contribution in [3.05, 3.63) is 29.8 Å². The van der Waals surface area contributed by atoms with Crippen molar-refractivity contribution in [1.29, 1.82) is 0 Å². The number of aliphatic hydroxyl groups excluding tert-OH is 1. The Morgan fingerprint density at radius 3 is 1.82 bits per heavy atom. The first-order valence-electron chi connectivity index (χ1n) is 5.78. The van der Waals surface area contributed by atoms with Gasteiger partial charge in [0.25, 0.3) is 0 Å². The highest BCUT2D eigenvalue weighted by atomic mass is 19.4. The van der Waals surface area contributed by atoms with Gasteiger partial charge in [-0.1, -0.05) is 12.1 Å². The Balaban J connectivity index is 3.42. The topological polar surface area (TPSA) is 72.6 Å². The Labute approximate surface area is 120 Å². The SMILES string of the molecule is NC(=O)Oc1ccc(C(CCO)(C(F)(F)F)C(F)(F)F)cc1. The number of aliphatic hydroxyl groups is 1. The van der Waals surface area contributed by atoms with Gasteiger partial charge in [-0.2, -0.15) is 26.3 Å². The number of hydrogen-bond acceptors (Lipinski definition) is 3.